The third-order valence-electron chi connectivity index (χ3n) is 7.56. The van der Waals surface area contributed by atoms with Gasteiger partial charge in [-0.05, 0) is 70.1 Å². The van der Waals surface area contributed by atoms with E-state index in [1.165, 1.54) is 0 Å². The van der Waals surface area contributed by atoms with Crippen LogP contribution in [0.2, 0.25) is 5.02 Å². The molecule has 0 saturated carbocycles. The Morgan fingerprint density at radius 1 is 1.00 bits per heavy atom. The molecule has 6 rings (SSSR count). The topological polar surface area (TPSA) is 89.2 Å². The predicted octanol–water partition coefficient (Wildman–Crippen LogP) is 5.87. The first-order chi connectivity index (χ1) is 20.3. The van der Waals surface area contributed by atoms with Crippen molar-refractivity contribution >= 4 is 39.7 Å². The van der Waals surface area contributed by atoms with Crippen molar-refractivity contribution < 1.29 is 9.90 Å². The molecule has 7 nitrogen and oxygen atoms in total. The molecule has 0 spiro atoms. The molecule has 42 heavy (non-hydrogen) atoms. The minimum absolute atomic E-state index is 0.153. The smallest absolute Gasteiger partial charge is 0.251 e. The summed E-state index contributed by atoms with van der Waals surface area (Å²) in [7, 11) is 3.55. The Morgan fingerprint density at radius 2 is 1.79 bits per heavy atom. The Balaban J connectivity index is 1.47. The van der Waals surface area contributed by atoms with Gasteiger partial charge in [-0.2, -0.15) is 0 Å². The first-order valence-corrected chi connectivity index (χ1v) is 14.5. The molecule has 0 aliphatic heterocycles. The molecule has 0 saturated heterocycles. The lowest BCUT2D eigenvalue weighted by Crippen LogP contribution is -2.31. The number of nitrogens with one attached hydrogen (secondary N) is 1. The Bertz CT molecular complexity index is 1980. The van der Waals surface area contributed by atoms with Gasteiger partial charge in [0, 0.05) is 41.0 Å². The van der Waals surface area contributed by atoms with Crippen LogP contribution >= 0.6 is 22.9 Å². The normalized spacial score (nSPS) is 12.8. The van der Waals surface area contributed by atoms with E-state index >= 15 is 0 Å². The molecule has 6 aromatic rings. The maximum Gasteiger partial charge on any atom is 0.251 e. The second kappa shape index (κ2) is 11.1. The summed E-state index contributed by atoms with van der Waals surface area (Å²) in [5.74, 6) is -0.197. The number of halogens is 1. The second-order valence-electron chi connectivity index (χ2n) is 10.1. The molecule has 0 bridgehead atoms. The van der Waals surface area contributed by atoms with E-state index in [-0.39, 0.29) is 11.5 Å². The summed E-state index contributed by atoms with van der Waals surface area (Å²) in [6, 6.07) is 25.4. The summed E-state index contributed by atoms with van der Waals surface area (Å²) >= 11 is 7.89. The SMILES string of the molecule is Cn1cncc1C(O)(c1ccc(C(=O)NCc2cccs2)cc1)c1ccc2c(c1)c(-c1cccc(Cl)c1)cc(=O)n2C. The molecule has 0 radical (unpaired) electrons. The van der Waals surface area contributed by atoms with E-state index in [0.29, 0.717) is 45.0 Å². The first kappa shape index (κ1) is 27.7. The summed E-state index contributed by atoms with van der Waals surface area (Å²) in [6.45, 7) is 0.450. The van der Waals surface area contributed by atoms with Crippen LogP contribution < -0.4 is 10.9 Å². The molecular weight excluding hydrogens is 568 g/mol. The van der Waals surface area contributed by atoms with Crippen molar-refractivity contribution in [3.8, 4) is 11.1 Å². The molecule has 1 amide bonds. The lowest BCUT2D eigenvalue weighted by atomic mass is 9.82. The Labute approximate surface area is 251 Å². The average molecular weight is 595 g/mol. The standard InChI is InChI=1S/C33H27ClN4O3S/c1-37-20-35-19-30(37)33(41,23-10-8-21(9-11-23)32(40)36-18-26-7-4-14-42-26)24-12-13-29-28(16-24)27(17-31(39)38(29)2)22-5-3-6-25(34)15-22/h3-17,19-20,41H,18H2,1-2H3,(H,36,40). The first-order valence-electron chi connectivity index (χ1n) is 13.3. The molecule has 9 heteroatoms. The molecule has 210 valence electrons. The van der Waals surface area contributed by atoms with Gasteiger partial charge in [-0.1, -0.05) is 48.0 Å². The lowest BCUT2D eigenvalue weighted by Gasteiger charge is -2.30. The number of hydrogen-bond acceptors (Lipinski definition) is 5. The van der Waals surface area contributed by atoms with Crippen LogP contribution in [0, 0.1) is 0 Å². The minimum atomic E-state index is -1.62. The summed E-state index contributed by atoms with van der Waals surface area (Å²) < 4.78 is 3.35. The number of carbonyl (C=O) groups is 1. The number of imidazole rings is 1. The number of hydrogen-bond donors (Lipinski definition) is 2. The lowest BCUT2D eigenvalue weighted by molar-refractivity contribution is 0.0950. The average Bonchev–Trinajstić information content (AvgIpc) is 3.69. The van der Waals surface area contributed by atoms with E-state index in [2.05, 4.69) is 10.3 Å². The molecule has 2 N–H and O–H groups in total. The van der Waals surface area contributed by atoms with Gasteiger partial charge in [0.25, 0.3) is 11.5 Å². The van der Waals surface area contributed by atoms with E-state index < -0.39 is 5.60 Å². The highest BCUT2D eigenvalue weighted by atomic mass is 35.5. The molecule has 0 aliphatic rings. The summed E-state index contributed by atoms with van der Waals surface area (Å²) in [5.41, 5.74) is 2.62. The van der Waals surface area contributed by atoms with Gasteiger partial charge in [0.1, 0.15) is 0 Å². The number of rotatable bonds is 7. The van der Waals surface area contributed by atoms with Crippen LogP contribution in [0.3, 0.4) is 0 Å². The number of thiophene rings is 1. The van der Waals surface area contributed by atoms with Gasteiger partial charge >= 0.3 is 0 Å². The highest BCUT2D eigenvalue weighted by Crippen LogP contribution is 2.39. The predicted molar refractivity (Wildman–Crippen MR) is 167 cm³/mol. The molecule has 3 aromatic carbocycles. The van der Waals surface area contributed by atoms with E-state index in [1.54, 1.807) is 76.4 Å². The summed E-state index contributed by atoms with van der Waals surface area (Å²) in [4.78, 5) is 31.1. The maximum absolute atomic E-state index is 12.9. The Hall–Kier alpha value is -4.50. The monoisotopic (exact) mass is 594 g/mol. The van der Waals surface area contributed by atoms with Crippen molar-refractivity contribution in [3.63, 3.8) is 0 Å². The maximum atomic E-state index is 12.9. The number of pyridine rings is 1. The van der Waals surface area contributed by atoms with E-state index in [1.807, 2.05) is 61.0 Å². The zero-order chi connectivity index (χ0) is 29.4. The number of aromatic nitrogens is 3. The molecule has 0 fully saturated rings. The number of aliphatic hydroxyl groups is 1. The van der Waals surface area contributed by atoms with Crippen molar-refractivity contribution in [2.24, 2.45) is 14.1 Å². The van der Waals surface area contributed by atoms with Gasteiger partial charge in [0.05, 0.1) is 30.3 Å². The van der Waals surface area contributed by atoms with Crippen LogP contribution in [0.1, 0.15) is 32.1 Å². The fourth-order valence-corrected chi connectivity index (χ4v) is 6.13. The Morgan fingerprint density at radius 3 is 2.48 bits per heavy atom. The van der Waals surface area contributed by atoms with Crippen LogP contribution in [0.15, 0.2) is 108 Å². The number of nitrogens with zero attached hydrogens (tertiary/aromatic N) is 3. The Kier molecular flexibility index (Phi) is 7.28. The number of carbonyl (C=O) groups excluding carboxylic acids is 1. The van der Waals surface area contributed by atoms with Crippen LogP contribution in [-0.2, 0) is 26.2 Å². The van der Waals surface area contributed by atoms with Crippen LogP contribution in [0.5, 0.6) is 0 Å². The molecule has 3 heterocycles. The molecule has 1 atom stereocenters. The minimum Gasteiger partial charge on any atom is -0.374 e. The van der Waals surface area contributed by atoms with Gasteiger partial charge in [-0.25, -0.2) is 4.98 Å². The van der Waals surface area contributed by atoms with Gasteiger partial charge in [0.15, 0.2) is 5.60 Å². The van der Waals surface area contributed by atoms with Crippen molar-refractivity contribution in [2.45, 2.75) is 12.1 Å². The van der Waals surface area contributed by atoms with Gasteiger partial charge < -0.3 is 19.6 Å². The van der Waals surface area contributed by atoms with Gasteiger partial charge in [-0.15, -0.1) is 11.3 Å². The van der Waals surface area contributed by atoms with Crippen molar-refractivity contribution in [1.29, 1.82) is 0 Å². The van der Waals surface area contributed by atoms with Gasteiger partial charge in [-0.3, -0.25) is 9.59 Å². The van der Waals surface area contributed by atoms with Crippen molar-refractivity contribution in [2.75, 3.05) is 0 Å². The van der Waals surface area contributed by atoms with Crippen molar-refractivity contribution in [3.05, 3.63) is 145 Å². The highest BCUT2D eigenvalue weighted by Gasteiger charge is 2.37. The quantitative estimate of drug-likeness (QED) is 0.242. The van der Waals surface area contributed by atoms with E-state index in [0.717, 1.165) is 15.8 Å². The molecule has 0 aliphatic carbocycles. The molecule has 1 unspecified atom stereocenters. The zero-order valence-corrected chi connectivity index (χ0v) is 24.5. The van der Waals surface area contributed by atoms with Crippen LogP contribution in [-0.4, -0.2) is 25.1 Å². The van der Waals surface area contributed by atoms with Crippen molar-refractivity contribution in [1.82, 2.24) is 19.4 Å². The largest absolute Gasteiger partial charge is 0.374 e. The number of fused-ring (bicyclic) bond motifs is 1. The summed E-state index contributed by atoms with van der Waals surface area (Å²) in [6.07, 6.45) is 3.26. The van der Waals surface area contributed by atoms with Gasteiger partial charge in [0.2, 0.25) is 0 Å². The molecular formula is C33H27ClN4O3S. The fraction of sp³-hybridized carbons (Fsp3) is 0.121. The molecule has 3 aromatic heterocycles. The number of benzene rings is 3. The second-order valence-corrected chi connectivity index (χ2v) is 11.6. The third-order valence-corrected chi connectivity index (χ3v) is 8.67. The highest BCUT2D eigenvalue weighted by molar-refractivity contribution is 7.09. The summed E-state index contributed by atoms with van der Waals surface area (Å²) in [5, 5.41) is 18.8. The fourth-order valence-electron chi connectivity index (χ4n) is 5.29. The van der Waals surface area contributed by atoms with E-state index in [9.17, 15) is 14.7 Å². The number of aryl methyl sites for hydroxylation is 2. The zero-order valence-electron chi connectivity index (χ0n) is 22.9. The van der Waals surface area contributed by atoms with Crippen LogP contribution in [0.4, 0.5) is 0 Å². The number of amides is 1. The third kappa shape index (κ3) is 4.94. The van der Waals surface area contributed by atoms with E-state index in [4.69, 9.17) is 11.6 Å². The van der Waals surface area contributed by atoms with Crippen LogP contribution in [0.25, 0.3) is 22.0 Å².